The maximum atomic E-state index is 12.4. The number of hydrogen-bond acceptors (Lipinski definition) is 7. The fourth-order valence-corrected chi connectivity index (χ4v) is 3.54. The van der Waals surface area contributed by atoms with Crippen LogP contribution in [0.2, 0.25) is 0 Å². The fraction of sp³-hybridized carbons (Fsp3) is 0.214. The normalized spacial score (nSPS) is 10.6. The number of methoxy groups -OCH3 is 1. The van der Waals surface area contributed by atoms with Gasteiger partial charge in [-0.1, -0.05) is 35.3 Å². The van der Waals surface area contributed by atoms with Crippen molar-refractivity contribution in [3.63, 3.8) is 0 Å². The molecule has 0 heterocycles. The highest BCUT2D eigenvalue weighted by molar-refractivity contribution is 9.10. The van der Waals surface area contributed by atoms with Gasteiger partial charge in [-0.05, 0) is 72.6 Å². The van der Waals surface area contributed by atoms with E-state index in [4.69, 9.17) is 14.2 Å². The Kier molecular flexibility index (Phi) is 10.9. The Balaban J connectivity index is 1.48. The van der Waals surface area contributed by atoms with Gasteiger partial charge in [-0.25, -0.2) is 10.2 Å². The van der Waals surface area contributed by atoms with Crippen LogP contribution in [-0.2, 0) is 4.79 Å². The SMILES string of the molecule is CCCCOc1ccc(C(=O)NCC(=O)N/N=C\c2ccc(OC(=O)c3cccc(Br)c3)c(OC)c2)cc1. The van der Waals surface area contributed by atoms with Crippen LogP contribution in [0.25, 0.3) is 0 Å². The molecule has 3 aromatic rings. The van der Waals surface area contributed by atoms with Crippen LogP contribution in [-0.4, -0.2) is 44.3 Å². The van der Waals surface area contributed by atoms with Crippen LogP contribution in [0.1, 0.15) is 46.0 Å². The van der Waals surface area contributed by atoms with Crippen molar-refractivity contribution in [3.05, 3.63) is 87.9 Å². The molecule has 2 N–H and O–H groups in total. The Morgan fingerprint density at radius 3 is 2.47 bits per heavy atom. The van der Waals surface area contributed by atoms with Gasteiger partial charge in [0.05, 0.1) is 32.0 Å². The average Bonchev–Trinajstić information content (AvgIpc) is 2.93. The summed E-state index contributed by atoms with van der Waals surface area (Å²) in [6.45, 7) is 2.46. The van der Waals surface area contributed by atoms with Crippen LogP contribution in [0.5, 0.6) is 17.2 Å². The number of esters is 1. The van der Waals surface area contributed by atoms with E-state index in [1.165, 1.54) is 13.3 Å². The largest absolute Gasteiger partial charge is 0.494 e. The summed E-state index contributed by atoms with van der Waals surface area (Å²) < 4.78 is 17.1. The molecule has 0 bridgehead atoms. The van der Waals surface area contributed by atoms with Crippen LogP contribution in [0.4, 0.5) is 0 Å². The number of unbranched alkanes of at least 4 members (excludes halogenated alkanes) is 1. The van der Waals surface area contributed by atoms with Crippen molar-refractivity contribution in [2.24, 2.45) is 5.10 Å². The quantitative estimate of drug-likeness (QED) is 0.105. The summed E-state index contributed by atoms with van der Waals surface area (Å²) in [4.78, 5) is 36.8. The summed E-state index contributed by atoms with van der Waals surface area (Å²) in [5.74, 6) is -0.173. The van der Waals surface area contributed by atoms with Gasteiger partial charge in [0.15, 0.2) is 11.5 Å². The predicted molar refractivity (Wildman–Crippen MR) is 147 cm³/mol. The molecule has 38 heavy (non-hydrogen) atoms. The van der Waals surface area contributed by atoms with Gasteiger partial charge in [-0.3, -0.25) is 9.59 Å². The number of rotatable bonds is 12. The van der Waals surface area contributed by atoms with Crippen molar-refractivity contribution in [2.75, 3.05) is 20.3 Å². The second-order valence-corrected chi connectivity index (χ2v) is 8.93. The van der Waals surface area contributed by atoms with E-state index in [2.05, 4.69) is 38.7 Å². The van der Waals surface area contributed by atoms with Crippen LogP contribution >= 0.6 is 15.9 Å². The van der Waals surface area contributed by atoms with Crippen LogP contribution in [0, 0.1) is 0 Å². The molecule has 9 nitrogen and oxygen atoms in total. The third kappa shape index (κ3) is 8.74. The summed E-state index contributed by atoms with van der Waals surface area (Å²) >= 11 is 3.32. The predicted octanol–water partition coefficient (Wildman–Crippen LogP) is 4.74. The third-order valence-electron chi connectivity index (χ3n) is 5.15. The smallest absolute Gasteiger partial charge is 0.343 e. The van der Waals surface area contributed by atoms with Crippen molar-refractivity contribution in [3.8, 4) is 17.2 Å². The Morgan fingerprint density at radius 2 is 1.76 bits per heavy atom. The standard InChI is InChI=1S/C28H28BrN3O6/c1-3-4-14-37-23-11-9-20(10-12-23)27(34)30-18-26(33)32-31-17-19-8-13-24(25(15-19)36-2)38-28(35)21-6-5-7-22(29)16-21/h5-13,15-17H,3-4,14,18H2,1-2H3,(H,30,34)(H,32,33)/b31-17-. The molecule has 0 fully saturated rings. The van der Waals surface area contributed by atoms with Gasteiger partial charge in [0.1, 0.15) is 5.75 Å². The van der Waals surface area contributed by atoms with E-state index in [-0.39, 0.29) is 18.2 Å². The lowest BCUT2D eigenvalue weighted by molar-refractivity contribution is -0.120. The Morgan fingerprint density at radius 1 is 0.974 bits per heavy atom. The number of carbonyl (C=O) groups is 3. The summed E-state index contributed by atoms with van der Waals surface area (Å²) in [7, 11) is 1.45. The van der Waals surface area contributed by atoms with Crippen molar-refractivity contribution in [1.29, 1.82) is 0 Å². The van der Waals surface area contributed by atoms with Gasteiger partial charge in [0, 0.05) is 10.0 Å². The summed E-state index contributed by atoms with van der Waals surface area (Å²) in [5, 5.41) is 6.44. The van der Waals surface area contributed by atoms with E-state index in [9.17, 15) is 14.4 Å². The summed E-state index contributed by atoms with van der Waals surface area (Å²) in [5.41, 5.74) is 3.74. The number of amides is 2. The highest BCUT2D eigenvalue weighted by atomic mass is 79.9. The highest BCUT2D eigenvalue weighted by Crippen LogP contribution is 2.28. The van der Waals surface area contributed by atoms with Crippen LogP contribution in [0.15, 0.2) is 76.3 Å². The number of nitrogens with one attached hydrogen (secondary N) is 2. The minimum atomic E-state index is -0.531. The number of halogens is 1. The van der Waals surface area contributed by atoms with Gasteiger partial charge in [0.25, 0.3) is 11.8 Å². The molecule has 0 unspecified atom stereocenters. The lowest BCUT2D eigenvalue weighted by Gasteiger charge is -2.10. The van der Waals surface area contributed by atoms with E-state index in [1.54, 1.807) is 60.7 Å². The summed E-state index contributed by atoms with van der Waals surface area (Å²) in [6, 6.07) is 18.4. The van der Waals surface area contributed by atoms with Crippen molar-refractivity contribution in [2.45, 2.75) is 19.8 Å². The van der Waals surface area contributed by atoms with Crippen molar-refractivity contribution in [1.82, 2.24) is 10.7 Å². The van der Waals surface area contributed by atoms with E-state index >= 15 is 0 Å². The number of benzene rings is 3. The molecule has 0 aliphatic rings. The molecule has 0 saturated heterocycles. The first kappa shape index (κ1) is 28.4. The zero-order chi connectivity index (χ0) is 27.3. The monoisotopic (exact) mass is 581 g/mol. The summed E-state index contributed by atoms with van der Waals surface area (Å²) in [6.07, 6.45) is 3.40. The fourth-order valence-electron chi connectivity index (χ4n) is 3.14. The molecule has 10 heteroatoms. The van der Waals surface area contributed by atoms with E-state index in [0.29, 0.717) is 34.8 Å². The molecule has 0 aromatic heterocycles. The molecular formula is C28H28BrN3O6. The van der Waals surface area contributed by atoms with Gasteiger partial charge < -0.3 is 19.5 Å². The molecular weight excluding hydrogens is 554 g/mol. The molecule has 3 aromatic carbocycles. The molecule has 0 aliphatic carbocycles. The Labute approximate surface area is 229 Å². The number of hydrazone groups is 1. The van der Waals surface area contributed by atoms with E-state index < -0.39 is 11.9 Å². The lowest BCUT2D eigenvalue weighted by atomic mass is 10.2. The zero-order valence-corrected chi connectivity index (χ0v) is 22.6. The van der Waals surface area contributed by atoms with Gasteiger partial charge >= 0.3 is 5.97 Å². The van der Waals surface area contributed by atoms with Crippen molar-refractivity contribution >= 4 is 39.9 Å². The van der Waals surface area contributed by atoms with E-state index in [1.807, 2.05) is 6.07 Å². The maximum Gasteiger partial charge on any atom is 0.343 e. The topological polar surface area (TPSA) is 115 Å². The highest BCUT2D eigenvalue weighted by Gasteiger charge is 2.13. The molecule has 0 spiro atoms. The second kappa shape index (κ2) is 14.5. The third-order valence-corrected chi connectivity index (χ3v) is 5.64. The minimum Gasteiger partial charge on any atom is -0.494 e. The average molecular weight is 582 g/mol. The lowest BCUT2D eigenvalue weighted by Crippen LogP contribution is -2.34. The minimum absolute atomic E-state index is 0.238. The number of ether oxygens (including phenoxy) is 3. The molecule has 0 aliphatic heterocycles. The van der Waals surface area contributed by atoms with Crippen LogP contribution < -0.4 is 25.0 Å². The first-order valence-electron chi connectivity index (χ1n) is 11.9. The van der Waals surface area contributed by atoms with Crippen LogP contribution in [0.3, 0.4) is 0 Å². The van der Waals surface area contributed by atoms with Gasteiger partial charge in [0.2, 0.25) is 0 Å². The first-order valence-corrected chi connectivity index (χ1v) is 12.7. The first-order chi connectivity index (χ1) is 18.4. The molecule has 0 atom stereocenters. The van der Waals surface area contributed by atoms with Crippen molar-refractivity contribution < 1.29 is 28.6 Å². The molecule has 198 valence electrons. The second-order valence-electron chi connectivity index (χ2n) is 8.01. The number of nitrogens with zero attached hydrogens (tertiary/aromatic N) is 1. The Bertz CT molecular complexity index is 1290. The maximum absolute atomic E-state index is 12.4. The molecule has 3 rings (SSSR count). The number of carbonyl (C=O) groups excluding carboxylic acids is 3. The van der Waals surface area contributed by atoms with E-state index in [0.717, 1.165) is 17.3 Å². The molecule has 2 amide bonds. The Hall–Kier alpha value is -4.18. The number of hydrogen-bond donors (Lipinski definition) is 2. The van der Waals surface area contributed by atoms with Gasteiger partial charge in [-0.15, -0.1) is 0 Å². The zero-order valence-electron chi connectivity index (χ0n) is 21.0. The molecule has 0 radical (unpaired) electrons. The van der Waals surface area contributed by atoms with Gasteiger partial charge in [-0.2, -0.15) is 5.10 Å². The molecule has 0 saturated carbocycles.